The molecule has 0 aliphatic carbocycles. The second-order valence-electron chi connectivity index (χ2n) is 4.91. The Morgan fingerprint density at radius 3 is 2.94 bits per heavy atom. The maximum absolute atomic E-state index is 11.6. The summed E-state index contributed by atoms with van der Waals surface area (Å²) >= 11 is 2.04. The summed E-state index contributed by atoms with van der Waals surface area (Å²) in [5.74, 6) is 1.45. The summed E-state index contributed by atoms with van der Waals surface area (Å²) in [7, 11) is 0. The highest BCUT2D eigenvalue weighted by Gasteiger charge is 2.21. The van der Waals surface area contributed by atoms with E-state index in [1.807, 2.05) is 18.7 Å². The number of amides is 1. The van der Waals surface area contributed by atoms with Gasteiger partial charge in [0.05, 0.1) is 0 Å². The van der Waals surface area contributed by atoms with Crippen LogP contribution in [0, 0.1) is 0 Å². The molecule has 1 rings (SSSR count). The van der Waals surface area contributed by atoms with Gasteiger partial charge in [-0.25, -0.2) is 0 Å². The summed E-state index contributed by atoms with van der Waals surface area (Å²) in [5.41, 5.74) is 0. The van der Waals surface area contributed by atoms with E-state index in [0.29, 0.717) is 23.8 Å². The van der Waals surface area contributed by atoms with E-state index >= 15 is 0 Å². The highest BCUT2D eigenvalue weighted by atomic mass is 32.2. The Morgan fingerprint density at radius 2 is 2.29 bits per heavy atom. The fraction of sp³-hybridized carbons (Fsp3) is 0.923. The summed E-state index contributed by atoms with van der Waals surface area (Å²) < 4.78 is 0. The van der Waals surface area contributed by atoms with Crippen molar-refractivity contribution in [2.75, 3.05) is 12.3 Å². The van der Waals surface area contributed by atoms with Gasteiger partial charge < -0.3 is 10.6 Å². The van der Waals surface area contributed by atoms with Gasteiger partial charge in [-0.15, -0.1) is 0 Å². The molecule has 1 aliphatic heterocycles. The van der Waals surface area contributed by atoms with Crippen molar-refractivity contribution in [3.8, 4) is 0 Å². The highest BCUT2D eigenvalue weighted by Crippen LogP contribution is 2.24. The molecule has 17 heavy (non-hydrogen) atoms. The molecule has 3 atom stereocenters. The van der Waals surface area contributed by atoms with Gasteiger partial charge in [0.15, 0.2) is 0 Å². The normalized spacial score (nSPS) is 26.5. The largest absolute Gasteiger partial charge is 0.354 e. The molecule has 1 amide bonds. The number of rotatable bonds is 6. The van der Waals surface area contributed by atoms with Gasteiger partial charge in [-0.3, -0.25) is 4.79 Å². The number of hydrogen-bond donors (Lipinski definition) is 2. The monoisotopic (exact) mass is 258 g/mol. The van der Waals surface area contributed by atoms with Crippen LogP contribution in [0.15, 0.2) is 0 Å². The van der Waals surface area contributed by atoms with Gasteiger partial charge in [0.1, 0.15) is 0 Å². The molecule has 0 aromatic rings. The van der Waals surface area contributed by atoms with Gasteiger partial charge in [0, 0.05) is 30.3 Å². The van der Waals surface area contributed by atoms with Gasteiger partial charge in [-0.1, -0.05) is 13.8 Å². The number of nitrogens with one attached hydrogen (secondary N) is 2. The van der Waals surface area contributed by atoms with Crippen LogP contribution in [0.2, 0.25) is 0 Å². The first-order valence-corrected chi connectivity index (χ1v) is 7.82. The number of thioether (sulfide) groups is 1. The Kier molecular flexibility index (Phi) is 6.97. The lowest BCUT2D eigenvalue weighted by molar-refractivity contribution is -0.121. The van der Waals surface area contributed by atoms with Gasteiger partial charge in [-0.2, -0.15) is 11.8 Å². The van der Waals surface area contributed by atoms with Crippen LogP contribution in [0.4, 0.5) is 0 Å². The Labute approximate surface area is 109 Å². The zero-order valence-corrected chi connectivity index (χ0v) is 12.1. The molecule has 0 spiro atoms. The van der Waals surface area contributed by atoms with Crippen LogP contribution in [0.1, 0.15) is 46.5 Å². The lowest BCUT2D eigenvalue weighted by Gasteiger charge is -2.29. The maximum atomic E-state index is 11.6. The minimum atomic E-state index is 0.169. The molecule has 1 heterocycles. The van der Waals surface area contributed by atoms with Gasteiger partial charge in [-0.05, 0) is 31.9 Å². The van der Waals surface area contributed by atoms with E-state index in [1.165, 1.54) is 18.6 Å². The van der Waals surface area contributed by atoms with Crippen molar-refractivity contribution < 1.29 is 4.79 Å². The van der Waals surface area contributed by atoms with E-state index in [2.05, 4.69) is 24.5 Å². The molecular formula is C13H26N2OS. The van der Waals surface area contributed by atoms with Crippen LogP contribution in [-0.2, 0) is 4.79 Å². The summed E-state index contributed by atoms with van der Waals surface area (Å²) in [5, 5.41) is 7.19. The van der Waals surface area contributed by atoms with Crippen molar-refractivity contribution in [1.29, 1.82) is 0 Å². The molecule has 0 aromatic carbocycles. The first-order valence-electron chi connectivity index (χ1n) is 6.77. The Hall–Kier alpha value is -0.220. The summed E-state index contributed by atoms with van der Waals surface area (Å²) in [4.78, 5) is 11.6. The van der Waals surface area contributed by atoms with E-state index < -0.39 is 0 Å². The van der Waals surface area contributed by atoms with E-state index in [1.54, 1.807) is 0 Å². The molecule has 0 saturated carbocycles. The topological polar surface area (TPSA) is 41.1 Å². The van der Waals surface area contributed by atoms with Crippen LogP contribution >= 0.6 is 11.8 Å². The lowest BCUT2D eigenvalue weighted by Crippen LogP contribution is -2.41. The Bertz CT molecular complexity index is 235. The molecule has 0 radical (unpaired) electrons. The van der Waals surface area contributed by atoms with Gasteiger partial charge >= 0.3 is 0 Å². The molecule has 1 aliphatic rings. The zero-order chi connectivity index (χ0) is 12.7. The average molecular weight is 258 g/mol. The van der Waals surface area contributed by atoms with Crippen molar-refractivity contribution in [2.45, 2.75) is 63.8 Å². The van der Waals surface area contributed by atoms with Gasteiger partial charge in [0.2, 0.25) is 5.91 Å². The van der Waals surface area contributed by atoms with Crippen molar-refractivity contribution in [3.63, 3.8) is 0 Å². The molecule has 4 heteroatoms. The summed E-state index contributed by atoms with van der Waals surface area (Å²) in [6, 6.07) is 0.886. The van der Waals surface area contributed by atoms with Gasteiger partial charge in [0.25, 0.3) is 0 Å². The zero-order valence-electron chi connectivity index (χ0n) is 11.3. The number of carbonyl (C=O) groups excluding carboxylic acids is 1. The smallest absolute Gasteiger partial charge is 0.221 e. The first kappa shape index (κ1) is 14.8. The molecular weight excluding hydrogens is 232 g/mol. The fourth-order valence-electron chi connectivity index (χ4n) is 2.01. The van der Waals surface area contributed by atoms with Crippen molar-refractivity contribution in [3.05, 3.63) is 0 Å². The van der Waals surface area contributed by atoms with Crippen molar-refractivity contribution in [1.82, 2.24) is 10.6 Å². The van der Waals surface area contributed by atoms with E-state index in [0.717, 1.165) is 13.0 Å². The third-order valence-electron chi connectivity index (χ3n) is 3.39. The molecule has 1 fully saturated rings. The quantitative estimate of drug-likeness (QED) is 0.767. The third kappa shape index (κ3) is 5.77. The van der Waals surface area contributed by atoms with E-state index in [9.17, 15) is 4.79 Å². The third-order valence-corrected chi connectivity index (χ3v) is 4.76. The first-order chi connectivity index (χ1) is 8.13. The van der Waals surface area contributed by atoms with Crippen LogP contribution in [0.5, 0.6) is 0 Å². The van der Waals surface area contributed by atoms with Crippen LogP contribution in [0.25, 0.3) is 0 Å². The molecule has 1 saturated heterocycles. The minimum Gasteiger partial charge on any atom is -0.354 e. The average Bonchev–Trinajstić information content (AvgIpc) is 2.31. The SMILES string of the molecule is CCC(C)NC(=O)CCNC1CCCSC1C. The predicted octanol–water partition coefficient (Wildman–Crippen LogP) is 2.16. The minimum absolute atomic E-state index is 0.169. The summed E-state index contributed by atoms with van der Waals surface area (Å²) in [6.07, 6.45) is 4.14. The molecule has 2 N–H and O–H groups in total. The van der Waals surface area contributed by atoms with Crippen LogP contribution in [-0.4, -0.2) is 35.5 Å². The second kappa shape index (κ2) is 7.98. The predicted molar refractivity (Wildman–Crippen MR) is 75.5 cm³/mol. The fourth-order valence-corrected chi connectivity index (χ4v) is 3.18. The lowest BCUT2D eigenvalue weighted by atomic mass is 10.1. The molecule has 100 valence electrons. The molecule has 0 aromatic heterocycles. The standard InChI is InChI=1S/C13H26N2OS/c1-4-10(2)15-13(16)7-8-14-12-6-5-9-17-11(12)3/h10-12,14H,4-9H2,1-3H3,(H,15,16). The second-order valence-corrected chi connectivity index (χ2v) is 6.39. The summed E-state index contributed by atoms with van der Waals surface area (Å²) in [6.45, 7) is 7.22. The Morgan fingerprint density at radius 1 is 1.53 bits per heavy atom. The maximum Gasteiger partial charge on any atom is 0.221 e. The van der Waals surface area contributed by atoms with Crippen molar-refractivity contribution >= 4 is 17.7 Å². The number of hydrogen-bond acceptors (Lipinski definition) is 3. The molecule has 3 unspecified atom stereocenters. The van der Waals surface area contributed by atoms with Crippen LogP contribution in [0.3, 0.4) is 0 Å². The van der Waals surface area contributed by atoms with E-state index in [4.69, 9.17) is 0 Å². The Balaban J connectivity index is 2.12. The number of carbonyl (C=O) groups is 1. The molecule has 0 bridgehead atoms. The highest BCUT2D eigenvalue weighted by molar-refractivity contribution is 7.99. The van der Waals surface area contributed by atoms with Crippen LogP contribution < -0.4 is 10.6 Å². The molecule has 3 nitrogen and oxygen atoms in total. The van der Waals surface area contributed by atoms with Crippen molar-refractivity contribution in [2.24, 2.45) is 0 Å². The van der Waals surface area contributed by atoms with E-state index in [-0.39, 0.29) is 5.91 Å².